The van der Waals surface area contributed by atoms with E-state index in [1.54, 1.807) is 0 Å². The molecular weight excluding hydrogens is 458 g/mol. The zero-order valence-electron chi connectivity index (χ0n) is 19.0. The van der Waals surface area contributed by atoms with Gasteiger partial charge >= 0.3 is 19.5 Å². The molecular formula is C20H38N4O6Zn. The second-order valence-corrected chi connectivity index (χ2v) is 6.95. The van der Waals surface area contributed by atoms with Crippen molar-refractivity contribution in [1.29, 1.82) is 0 Å². The van der Waals surface area contributed by atoms with Crippen LogP contribution in [-0.2, 0) is 38.7 Å². The standard InChI is InChI=1S/2C10H20N2O3.Zn/c2*1-2-5-9(13)12-8(10(14)15)6-3-4-7-11;/h2*8H,2-7,11H2,1H3,(H,12,13)(H,14,15);/q;;+2/p-2/t2*8-;/m00./s1. The third kappa shape index (κ3) is 21.4. The average molecular weight is 496 g/mol. The number of nitrogens with two attached hydrogens (primary N) is 2. The zero-order chi connectivity index (χ0) is 23.4. The molecule has 0 aliphatic heterocycles. The monoisotopic (exact) mass is 494 g/mol. The van der Waals surface area contributed by atoms with Gasteiger partial charge in [0.2, 0.25) is 11.8 Å². The number of rotatable bonds is 16. The molecule has 2 atom stereocenters. The first-order valence-electron chi connectivity index (χ1n) is 10.6. The summed E-state index contributed by atoms with van der Waals surface area (Å²) < 4.78 is 0. The molecule has 176 valence electrons. The zero-order valence-corrected chi connectivity index (χ0v) is 21.9. The van der Waals surface area contributed by atoms with Crippen molar-refractivity contribution in [2.45, 2.75) is 90.1 Å². The second kappa shape index (κ2) is 23.1. The third-order valence-electron chi connectivity index (χ3n) is 4.09. The summed E-state index contributed by atoms with van der Waals surface area (Å²) in [5.41, 5.74) is 10.6. The van der Waals surface area contributed by atoms with Gasteiger partial charge in [0.15, 0.2) is 0 Å². The minimum atomic E-state index is -1.23. The molecule has 0 fully saturated rings. The predicted molar refractivity (Wildman–Crippen MR) is 110 cm³/mol. The smallest absolute Gasteiger partial charge is 0.548 e. The summed E-state index contributed by atoms with van der Waals surface area (Å²) in [5.74, 6) is -2.92. The summed E-state index contributed by atoms with van der Waals surface area (Å²) in [6.45, 7) is 4.79. The molecule has 2 amide bonds. The molecule has 0 aliphatic carbocycles. The Balaban J connectivity index is -0.000000490. The van der Waals surface area contributed by atoms with Crippen LogP contribution in [0.25, 0.3) is 0 Å². The van der Waals surface area contributed by atoms with Gasteiger partial charge in [-0.3, -0.25) is 9.59 Å². The van der Waals surface area contributed by atoms with E-state index >= 15 is 0 Å². The molecule has 0 spiro atoms. The Kier molecular flexibility index (Phi) is 25.4. The molecule has 0 rings (SSSR count). The molecule has 0 saturated carbocycles. The van der Waals surface area contributed by atoms with Crippen LogP contribution >= 0.6 is 0 Å². The molecule has 0 aromatic heterocycles. The maximum atomic E-state index is 11.2. The fourth-order valence-electron chi connectivity index (χ4n) is 2.47. The van der Waals surface area contributed by atoms with Crippen molar-refractivity contribution >= 4 is 23.8 Å². The van der Waals surface area contributed by atoms with Crippen molar-refractivity contribution < 1.29 is 48.9 Å². The number of carboxylic acid groups (broad SMARTS) is 2. The normalized spacial score (nSPS) is 11.7. The van der Waals surface area contributed by atoms with E-state index in [0.717, 1.165) is 12.8 Å². The van der Waals surface area contributed by atoms with Crippen LogP contribution in [0.5, 0.6) is 0 Å². The number of nitrogens with one attached hydrogen (secondary N) is 2. The van der Waals surface area contributed by atoms with Crippen LogP contribution in [0.1, 0.15) is 78.1 Å². The number of carboxylic acids is 2. The number of hydrogen-bond acceptors (Lipinski definition) is 8. The van der Waals surface area contributed by atoms with E-state index in [4.69, 9.17) is 11.5 Å². The molecule has 0 saturated heterocycles. The van der Waals surface area contributed by atoms with E-state index in [-0.39, 0.29) is 31.3 Å². The van der Waals surface area contributed by atoms with Gasteiger partial charge in [0.25, 0.3) is 0 Å². The van der Waals surface area contributed by atoms with E-state index in [0.29, 0.717) is 64.5 Å². The Morgan fingerprint density at radius 3 is 1.26 bits per heavy atom. The summed E-state index contributed by atoms with van der Waals surface area (Å²) in [6, 6.07) is -1.76. The van der Waals surface area contributed by atoms with Crippen LogP contribution in [-0.4, -0.2) is 48.9 Å². The van der Waals surface area contributed by atoms with E-state index < -0.39 is 24.0 Å². The summed E-state index contributed by atoms with van der Waals surface area (Å²) in [5, 5.41) is 26.2. The van der Waals surface area contributed by atoms with Crippen molar-refractivity contribution in [3.8, 4) is 0 Å². The Morgan fingerprint density at radius 1 is 0.710 bits per heavy atom. The van der Waals surface area contributed by atoms with Crippen molar-refractivity contribution in [3.63, 3.8) is 0 Å². The number of amides is 2. The molecule has 0 aromatic rings. The van der Waals surface area contributed by atoms with Crippen LogP contribution in [0.15, 0.2) is 0 Å². The first kappa shape index (κ1) is 34.0. The van der Waals surface area contributed by atoms with Crippen LogP contribution in [0.2, 0.25) is 0 Å². The van der Waals surface area contributed by atoms with E-state index in [9.17, 15) is 29.4 Å². The van der Waals surface area contributed by atoms with Gasteiger partial charge in [-0.05, 0) is 64.5 Å². The number of aliphatic carboxylic acids is 2. The first-order valence-corrected chi connectivity index (χ1v) is 10.6. The molecule has 0 unspecified atom stereocenters. The summed E-state index contributed by atoms with van der Waals surface area (Å²) in [7, 11) is 0. The van der Waals surface area contributed by atoms with Crippen LogP contribution in [0.3, 0.4) is 0 Å². The molecule has 0 radical (unpaired) electrons. The molecule has 0 aromatic carbocycles. The van der Waals surface area contributed by atoms with Gasteiger partial charge in [-0.25, -0.2) is 0 Å². The average Bonchev–Trinajstić information content (AvgIpc) is 2.67. The van der Waals surface area contributed by atoms with Crippen molar-refractivity contribution in [3.05, 3.63) is 0 Å². The predicted octanol–water partition coefficient (Wildman–Crippen LogP) is -1.70. The van der Waals surface area contributed by atoms with Gasteiger partial charge in [-0.2, -0.15) is 0 Å². The quantitative estimate of drug-likeness (QED) is 0.144. The molecule has 10 nitrogen and oxygen atoms in total. The minimum absolute atomic E-state index is 0. The molecule has 0 aliphatic rings. The van der Waals surface area contributed by atoms with Crippen LogP contribution in [0.4, 0.5) is 0 Å². The number of carbonyl (C=O) groups is 4. The second-order valence-electron chi connectivity index (χ2n) is 6.95. The van der Waals surface area contributed by atoms with Gasteiger partial charge in [0.05, 0.1) is 24.0 Å². The molecule has 0 bridgehead atoms. The van der Waals surface area contributed by atoms with Gasteiger partial charge in [-0.15, -0.1) is 0 Å². The SMILES string of the molecule is CCCC(=O)N[C@@H](CCCCN)C(=O)[O-].CCCC(=O)N[C@@H](CCCCN)C(=O)[O-].[Zn+2]. The van der Waals surface area contributed by atoms with Crippen molar-refractivity contribution in [2.24, 2.45) is 11.5 Å². The fourth-order valence-corrected chi connectivity index (χ4v) is 2.47. The molecule has 0 heterocycles. The Bertz CT molecular complexity index is 464. The molecule has 6 N–H and O–H groups in total. The topological polar surface area (TPSA) is 190 Å². The maximum absolute atomic E-state index is 11.2. The number of carbonyl (C=O) groups excluding carboxylic acids is 4. The van der Waals surface area contributed by atoms with Gasteiger partial charge in [0.1, 0.15) is 0 Å². The Morgan fingerprint density at radius 2 is 1.03 bits per heavy atom. The fraction of sp³-hybridized carbons (Fsp3) is 0.800. The first-order chi connectivity index (χ1) is 14.2. The van der Waals surface area contributed by atoms with Gasteiger partial charge < -0.3 is 41.9 Å². The summed E-state index contributed by atoms with van der Waals surface area (Å²) in [4.78, 5) is 43.7. The number of unbranched alkanes of at least 4 members (excludes halogenated alkanes) is 2. The molecule has 11 heteroatoms. The Labute approximate surface area is 198 Å². The maximum Gasteiger partial charge on any atom is 2.00 e. The largest absolute Gasteiger partial charge is 2.00 e. The molecule has 31 heavy (non-hydrogen) atoms. The van der Waals surface area contributed by atoms with Gasteiger partial charge in [-0.1, -0.05) is 13.8 Å². The van der Waals surface area contributed by atoms with E-state index in [1.165, 1.54) is 0 Å². The van der Waals surface area contributed by atoms with Gasteiger partial charge in [0, 0.05) is 12.8 Å². The Hall–Kier alpha value is -1.58. The van der Waals surface area contributed by atoms with E-state index in [2.05, 4.69) is 10.6 Å². The minimum Gasteiger partial charge on any atom is -0.548 e. The van der Waals surface area contributed by atoms with Crippen molar-refractivity contribution in [1.82, 2.24) is 10.6 Å². The summed E-state index contributed by atoms with van der Waals surface area (Å²) >= 11 is 0. The van der Waals surface area contributed by atoms with Crippen LogP contribution < -0.4 is 32.3 Å². The third-order valence-corrected chi connectivity index (χ3v) is 4.09. The summed E-state index contributed by atoms with van der Waals surface area (Å²) in [6.07, 6.45) is 5.75. The van der Waals surface area contributed by atoms with Crippen molar-refractivity contribution in [2.75, 3.05) is 13.1 Å². The van der Waals surface area contributed by atoms with Crippen LogP contribution in [0, 0.1) is 0 Å². The number of hydrogen-bond donors (Lipinski definition) is 4. The van der Waals surface area contributed by atoms with E-state index in [1.807, 2.05) is 13.8 Å².